The molecule has 2 heterocycles. The number of nitrogens with one attached hydrogen (secondary N) is 1. The van der Waals surface area contributed by atoms with Crippen LogP contribution in [0.25, 0.3) is 0 Å². The monoisotopic (exact) mass is 316 g/mol. The van der Waals surface area contributed by atoms with E-state index in [4.69, 9.17) is 0 Å². The van der Waals surface area contributed by atoms with Crippen molar-refractivity contribution in [1.82, 2.24) is 9.88 Å². The molecule has 1 aromatic heterocycles. The first-order chi connectivity index (χ1) is 11.1. The molecule has 0 radical (unpaired) electrons. The van der Waals surface area contributed by atoms with E-state index in [2.05, 4.69) is 10.3 Å². The zero-order chi connectivity index (χ0) is 16.2. The van der Waals surface area contributed by atoms with Crippen LogP contribution in [-0.4, -0.2) is 47.2 Å². The Balaban J connectivity index is 1.57. The highest BCUT2D eigenvalue weighted by molar-refractivity contribution is 5.88. The Morgan fingerprint density at radius 3 is 2.52 bits per heavy atom. The Bertz CT molecular complexity index is 685. The van der Waals surface area contributed by atoms with Gasteiger partial charge in [-0.05, 0) is 24.3 Å². The number of nitrogens with zero attached hydrogens (tertiary/aromatic N) is 3. The van der Waals surface area contributed by atoms with Crippen molar-refractivity contribution in [3.05, 3.63) is 48.4 Å². The number of carbonyl (C=O) groups excluding carboxylic acids is 1. The molecule has 2 N–H and O–H groups in total. The van der Waals surface area contributed by atoms with E-state index in [1.165, 1.54) is 24.4 Å². The molecule has 0 saturated carbocycles. The molecule has 0 spiro atoms. The molecule has 120 valence electrons. The van der Waals surface area contributed by atoms with Crippen LogP contribution in [0.4, 0.5) is 20.7 Å². The molecule has 1 aliphatic heterocycles. The average Bonchev–Trinajstić information content (AvgIpc) is 2.57. The molecule has 2 aromatic rings. The number of para-hydroxylation sites is 1. The number of pyridine rings is 1. The number of rotatable bonds is 2. The fourth-order valence-corrected chi connectivity index (χ4v) is 2.51. The molecule has 1 saturated heterocycles. The third-order valence-corrected chi connectivity index (χ3v) is 3.74. The summed E-state index contributed by atoms with van der Waals surface area (Å²) in [4.78, 5) is 19.7. The van der Waals surface area contributed by atoms with E-state index in [0.717, 1.165) is 0 Å². The molecule has 0 atom stereocenters. The Kier molecular flexibility index (Phi) is 4.27. The molecule has 0 unspecified atom stereocenters. The molecule has 2 amide bonds. The van der Waals surface area contributed by atoms with Gasteiger partial charge in [0, 0.05) is 26.2 Å². The van der Waals surface area contributed by atoms with Gasteiger partial charge in [0.05, 0.1) is 11.9 Å². The van der Waals surface area contributed by atoms with Crippen LogP contribution in [0.2, 0.25) is 0 Å². The van der Waals surface area contributed by atoms with E-state index in [0.29, 0.717) is 37.7 Å². The number of anilines is 2. The molecular formula is C16H17FN4O2. The quantitative estimate of drug-likeness (QED) is 0.892. The van der Waals surface area contributed by atoms with Crippen LogP contribution in [0.5, 0.6) is 5.75 Å². The Morgan fingerprint density at radius 2 is 1.87 bits per heavy atom. The third kappa shape index (κ3) is 3.50. The van der Waals surface area contributed by atoms with E-state index < -0.39 is 0 Å². The number of carbonyl (C=O) groups is 1. The lowest BCUT2D eigenvalue weighted by Crippen LogP contribution is -2.50. The molecule has 1 aliphatic rings. The van der Waals surface area contributed by atoms with Gasteiger partial charge >= 0.3 is 6.03 Å². The summed E-state index contributed by atoms with van der Waals surface area (Å²) in [6, 6.07) is 9.37. The number of hydrogen-bond donors (Lipinski definition) is 2. The maximum Gasteiger partial charge on any atom is 0.323 e. The first-order valence-electron chi connectivity index (χ1n) is 7.34. The van der Waals surface area contributed by atoms with E-state index in [1.54, 1.807) is 23.1 Å². The van der Waals surface area contributed by atoms with Crippen molar-refractivity contribution in [2.45, 2.75) is 0 Å². The number of urea groups is 1. The minimum Gasteiger partial charge on any atom is -0.506 e. The number of aromatic nitrogens is 1. The van der Waals surface area contributed by atoms with Crippen molar-refractivity contribution in [2.75, 3.05) is 36.4 Å². The highest BCUT2D eigenvalue weighted by Gasteiger charge is 2.22. The van der Waals surface area contributed by atoms with Crippen LogP contribution in [-0.2, 0) is 0 Å². The highest BCUT2D eigenvalue weighted by Crippen LogP contribution is 2.20. The summed E-state index contributed by atoms with van der Waals surface area (Å²) in [6.07, 6.45) is 1.27. The SMILES string of the molecule is O=C(Nc1ccc(O)cn1)N1CCN(c2ccccc2F)CC1. The number of hydrogen-bond acceptors (Lipinski definition) is 4. The topological polar surface area (TPSA) is 68.7 Å². The number of amides is 2. The van der Waals surface area contributed by atoms with Crippen molar-refractivity contribution in [3.8, 4) is 5.75 Å². The predicted molar refractivity (Wildman–Crippen MR) is 85.1 cm³/mol. The molecule has 3 rings (SSSR count). The lowest BCUT2D eigenvalue weighted by molar-refractivity contribution is 0.208. The van der Waals surface area contributed by atoms with Gasteiger partial charge in [-0.3, -0.25) is 5.32 Å². The number of aromatic hydroxyl groups is 1. The predicted octanol–water partition coefficient (Wildman–Crippen LogP) is 2.28. The molecule has 23 heavy (non-hydrogen) atoms. The first-order valence-corrected chi connectivity index (χ1v) is 7.34. The summed E-state index contributed by atoms with van der Waals surface area (Å²) in [5.41, 5.74) is 0.563. The van der Waals surface area contributed by atoms with Crippen molar-refractivity contribution in [2.24, 2.45) is 0 Å². The van der Waals surface area contributed by atoms with Gasteiger partial charge < -0.3 is 14.9 Å². The molecule has 7 heteroatoms. The smallest absolute Gasteiger partial charge is 0.323 e. The molecule has 6 nitrogen and oxygen atoms in total. The van der Waals surface area contributed by atoms with Gasteiger partial charge in [-0.2, -0.15) is 0 Å². The van der Waals surface area contributed by atoms with E-state index >= 15 is 0 Å². The van der Waals surface area contributed by atoms with Crippen LogP contribution < -0.4 is 10.2 Å². The normalized spacial score (nSPS) is 14.7. The van der Waals surface area contributed by atoms with E-state index in [-0.39, 0.29) is 17.6 Å². The zero-order valence-electron chi connectivity index (χ0n) is 12.4. The largest absolute Gasteiger partial charge is 0.506 e. The second-order valence-electron chi connectivity index (χ2n) is 5.26. The third-order valence-electron chi connectivity index (χ3n) is 3.74. The van der Waals surface area contributed by atoms with Gasteiger partial charge in [-0.25, -0.2) is 14.2 Å². The van der Waals surface area contributed by atoms with Crippen LogP contribution >= 0.6 is 0 Å². The summed E-state index contributed by atoms with van der Waals surface area (Å²) < 4.78 is 13.8. The zero-order valence-corrected chi connectivity index (χ0v) is 12.4. The standard InChI is InChI=1S/C16H17FN4O2/c17-13-3-1-2-4-14(13)20-7-9-21(10-8-20)16(23)19-15-6-5-12(22)11-18-15/h1-6,11,22H,7-10H2,(H,18,19,23). The Hall–Kier alpha value is -2.83. The van der Waals surface area contributed by atoms with Gasteiger partial charge in [0.15, 0.2) is 0 Å². The summed E-state index contributed by atoms with van der Waals surface area (Å²) in [5.74, 6) is 0.171. The van der Waals surface area contributed by atoms with Gasteiger partial charge in [-0.1, -0.05) is 12.1 Å². The van der Waals surface area contributed by atoms with Crippen molar-refractivity contribution in [3.63, 3.8) is 0 Å². The average molecular weight is 316 g/mol. The minimum atomic E-state index is -0.253. The first kappa shape index (κ1) is 15.1. The van der Waals surface area contributed by atoms with Gasteiger partial charge in [0.2, 0.25) is 0 Å². The van der Waals surface area contributed by atoms with E-state index in [9.17, 15) is 14.3 Å². The second-order valence-corrected chi connectivity index (χ2v) is 5.26. The van der Waals surface area contributed by atoms with Crippen LogP contribution in [0, 0.1) is 5.82 Å². The van der Waals surface area contributed by atoms with Crippen molar-refractivity contribution in [1.29, 1.82) is 0 Å². The lowest BCUT2D eigenvalue weighted by atomic mass is 10.2. The molecule has 1 aromatic carbocycles. The summed E-state index contributed by atoms with van der Waals surface area (Å²) in [7, 11) is 0. The van der Waals surface area contributed by atoms with Crippen molar-refractivity contribution >= 4 is 17.5 Å². The number of benzene rings is 1. The lowest BCUT2D eigenvalue weighted by Gasteiger charge is -2.36. The minimum absolute atomic E-state index is 0.0431. The van der Waals surface area contributed by atoms with Gasteiger partial charge in [0.1, 0.15) is 17.4 Å². The van der Waals surface area contributed by atoms with E-state index in [1.807, 2.05) is 4.90 Å². The fraction of sp³-hybridized carbons (Fsp3) is 0.250. The van der Waals surface area contributed by atoms with Crippen LogP contribution in [0.15, 0.2) is 42.6 Å². The molecular weight excluding hydrogens is 299 g/mol. The summed E-state index contributed by atoms with van der Waals surface area (Å²) in [6.45, 7) is 2.13. The number of piperazine rings is 1. The second kappa shape index (κ2) is 6.51. The van der Waals surface area contributed by atoms with Gasteiger partial charge in [0.25, 0.3) is 0 Å². The molecule has 1 fully saturated rings. The fourth-order valence-electron chi connectivity index (χ4n) is 2.51. The van der Waals surface area contributed by atoms with Crippen molar-refractivity contribution < 1.29 is 14.3 Å². The Labute approximate surface area is 133 Å². The Morgan fingerprint density at radius 1 is 1.13 bits per heavy atom. The summed E-state index contributed by atoms with van der Waals surface area (Å²) >= 11 is 0. The van der Waals surface area contributed by atoms with Crippen LogP contribution in [0.3, 0.4) is 0 Å². The molecule has 0 bridgehead atoms. The molecule has 0 aliphatic carbocycles. The number of halogens is 1. The highest BCUT2D eigenvalue weighted by atomic mass is 19.1. The summed E-state index contributed by atoms with van der Waals surface area (Å²) in [5, 5.41) is 11.9. The maximum absolute atomic E-state index is 13.8. The maximum atomic E-state index is 13.8. The van der Waals surface area contributed by atoms with Crippen LogP contribution in [0.1, 0.15) is 0 Å². The van der Waals surface area contributed by atoms with Gasteiger partial charge in [-0.15, -0.1) is 0 Å².